The van der Waals surface area contributed by atoms with E-state index in [1.54, 1.807) is 36.9 Å². The molecule has 38 heavy (non-hydrogen) atoms. The van der Waals surface area contributed by atoms with Crippen LogP contribution in [0.2, 0.25) is 0 Å². The molecule has 0 aliphatic carbocycles. The van der Waals surface area contributed by atoms with Gasteiger partial charge in [-0.15, -0.1) is 22.7 Å². The van der Waals surface area contributed by atoms with Crippen LogP contribution in [0.5, 0.6) is 0 Å². The van der Waals surface area contributed by atoms with Gasteiger partial charge in [0.15, 0.2) is 11.2 Å². The highest BCUT2D eigenvalue weighted by atomic mass is 32.1. The van der Waals surface area contributed by atoms with Crippen molar-refractivity contribution in [3.63, 3.8) is 0 Å². The quantitative estimate of drug-likeness (QED) is 0.195. The third kappa shape index (κ3) is 3.93. The van der Waals surface area contributed by atoms with Crippen molar-refractivity contribution >= 4 is 32.1 Å². The zero-order valence-corrected chi connectivity index (χ0v) is 23.0. The van der Waals surface area contributed by atoms with E-state index in [0.29, 0.717) is 0 Å². The fourth-order valence-corrected chi connectivity index (χ4v) is 8.27. The second-order valence-electron chi connectivity index (χ2n) is 9.18. The van der Waals surface area contributed by atoms with Gasteiger partial charge in [0.25, 0.3) is 0 Å². The van der Waals surface area contributed by atoms with Crippen LogP contribution in [-0.4, -0.2) is 14.2 Å². The zero-order chi connectivity index (χ0) is 26.0. The first-order chi connectivity index (χ1) is 18.7. The molecule has 0 saturated heterocycles. The van der Waals surface area contributed by atoms with E-state index in [1.807, 2.05) is 24.3 Å². The van der Waals surface area contributed by atoms with Crippen molar-refractivity contribution in [2.24, 2.45) is 0 Å². The van der Waals surface area contributed by atoms with Gasteiger partial charge < -0.3 is 9.47 Å². The molecule has 2 heterocycles. The van der Waals surface area contributed by atoms with Crippen LogP contribution in [0.3, 0.4) is 0 Å². The van der Waals surface area contributed by atoms with Gasteiger partial charge in [-0.25, -0.2) is 0 Å². The van der Waals surface area contributed by atoms with E-state index < -0.39 is 11.2 Å². The summed E-state index contributed by atoms with van der Waals surface area (Å²) in [4.78, 5) is 2.32. The van der Waals surface area contributed by atoms with Gasteiger partial charge in [0, 0.05) is 33.4 Å². The van der Waals surface area contributed by atoms with E-state index in [-0.39, 0.29) is 0 Å². The van der Waals surface area contributed by atoms with Crippen molar-refractivity contribution in [3.05, 3.63) is 165 Å². The van der Waals surface area contributed by atoms with E-state index in [9.17, 15) is 0 Å². The summed E-state index contributed by atoms with van der Waals surface area (Å²) in [5.41, 5.74) is 3.07. The lowest BCUT2D eigenvalue weighted by Gasteiger charge is -2.33. The summed E-state index contributed by atoms with van der Waals surface area (Å²) in [5, 5.41) is 0. The molecule has 2 aromatic heterocycles. The highest BCUT2D eigenvalue weighted by Gasteiger charge is 2.41. The molecule has 4 heteroatoms. The number of thiophene rings is 2. The Kier molecular flexibility index (Phi) is 6.73. The normalized spacial score (nSPS) is 12.2. The number of methoxy groups -OCH3 is 2. The van der Waals surface area contributed by atoms with Gasteiger partial charge >= 0.3 is 0 Å². The van der Waals surface area contributed by atoms with Crippen LogP contribution < -0.4 is 0 Å². The number of benzene rings is 4. The minimum absolute atomic E-state index is 0.691. The molecule has 0 spiro atoms. The van der Waals surface area contributed by atoms with Gasteiger partial charge in [-0.3, -0.25) is 0 Å². The lowest BCUT2D eigenvalue weighted by molar-refractivity contribution is 0.0616. The number of rotatable bonds is 8. The molecule has 0 fully saturated rings. The van der Waals surface area contributed by atoms with Crippen molar-refractivity contribution in [1.82, 2.24) is 0 Å². The maximum Gasteiger partial charge on any atom is 0.152 e. The number of fused-ring (bicyclic) bond motifs is 1. The van der Waals surface area contributed by atoms with Crippen molar-refractivity contribution in [2.45, 2.75) is 11.2 Å². The van der Waals surface area contributed by atoms with Gasteiger partial charge in [0.1, 0.15) is 0 Å². The van der Waals surface area contributed by atoms with Crippen LogP contribution in [0.25, 0.3) is 9.40 Å². The van der Waals surface area contributed by atoms with Crippen molar-refractivity contribution in [3.8, 4) is 0 Å². The molecule has 6 rings (SSSR count). The monoisotopic (exact) mass is 532 g/mol. The molecule has 6 aromatic rings. The third-order valence-corrected chi connectivity index (χ3v) is 9.73. The standard InChI is InChI=1S/C34H28O2S2/c1-35-33(25-15-7-3-8-16-25,26-17-9-4-10-18-26)31-23-29-30(37-31)24-32(38-29)34(36-2,27-19-11-5-12-20-27)28-21-13-6-14-22-28/h3-24H,1-2H3. The topological polar surface area (TPSA) is 18.5 Å². The maximum absolute atomic E-state index is 6.44. The Bertz CT molecular complexity index is 1390. The van der Waals surface area contributed by atoms with Crippen LogP contribution in [0, 0.1) is 0 Å². The molecule has 188 valence electrons. The van der Waals surface area contributed by atoms with E-state index in [4.69, 9.17) is 9.47 Å². The molecule has 0 N–H and O–H groups in total. The molecule has 0 atom stereocenters. The minimum Gasteiger partial charge on any atom is -0.363 e. The smallest absolute Gasteiger partial charge is 0.152 e. The first-order valence-electron chi connectivity index (χ1n) is 12.6. The zero-order valence-electron chi connectivity index (χ0n) is 21.3. The average Bonchev–Trinajstić information content (AvgIpc) is 3.57. The van der Waals surface area contributed by atoms with Gasteiger partial charge in [-0.05, 0) is 34.4 Å². The van der Waals surface area contributed by atoms with Gasteiger partial charge in [-0.1, -0.05) is 121 Å². The van der Waals surface area contributed by atoms with Crippen molar-refractivity contribution < 1.29 is 9.47 Å². The molecule has 0 unspecified atom stereocenters. The van der Waals surface area contributed by atoms with Gasteiger partial charge in [0.05, 0.1) is 0 Å². The van der Waals surface area contributed by atoms with E-state index in [0.717, 1.165) is 32.0 Å². The summed E-state index contributed by atoms with van der Waals surface area (Å²) in [6.07, 6.45) is 0. The summed E-state index contributed by atoms with van der Waals surface area (Å²) in [6.45, 7) is 0. The Balaban J connectivity index is 1.55. The highest BCUT2D eigenvalue weighted by Crippen LogP contribution is 2.50. The number of ether oxygens (including phenoxy) is 2. The summed E-state index contributed by atoms with van der Waals surface area (Å²) in [5.74, 6) is 0. The molecule has 4 aromatic carbocycles. The summed E-state index contributed by atoms with van der Waals surface area (Å²) >= 11 is 3.57. The molecule has 0 radical (unpaired) electrons. The average molecular weight is 533 g/mol. The minimum atomic E-state index is -0.691. The Morgan fingerprint density at radius 1 is 0.421 bits per heavy atom. The third-order valence-electron chi connectivity index (χ3n) is 7.23. The highest BCUT2D eigenvalue weighted by molar-refractivity contribution is 7.28. The Hall–Kier alpha value is -3.54. The summed E-state index contributed by atoms with van der Waals surface area (Å²) in [7, 11) is 3.61. The first kappa shape index (κ1) is 24.8. The lowest BCUT2D eigenvalue weighted by Crippen LogP contribution is -2.30. The van der Waals surface area contributed by atoms with Crippen LogP contribution >= 0.6 is 22.7 Å². The SMILES string of the molecule is COC(c1ccccc1)(c1ccccc1)c1cc2sc(C(OC)(c3ccccc3)c3ccccc3)cc2s1. The van der Waals surface area contributed by atoms with Crippen LogP contribution in [0.4, 0.5) is 0 Å². The van der Waals surface area contributed by atoms with Crippen LogP contribution in [0.1, 0.15) is 32.0 Å². The molecule has 0 saturated carbocycles. The second kappa shape index (κ2) is 10.3. The fraction of sp³-hybridized carbons (Fsp3) is 0.118. The molecule has 0 aliphatic heterocycles. The predicted molar refractivity (Wildman–Crippen MR) is 159 cm³/mol. The predicted octanol–water partition coefficient (Wildman–Crippen LogP) is 8.84. The van der Waals surface area contributed by atoms with Crippen LogP contribution in [-0.2, 0) is 20.7 Å². The van der Waals surface area contributed by atoms with Crippen LogP contribution in [0.15, 0.2) is 133 Å². The number of hydrogen-bond donors (Lipinski definition) is 0. The molecule has 0 amide bonds. The Labute approximate surface area is 231 Å². The summed E-state index contributed by atoms with van der Waals surface area (Å²) in [6, 6.07) is 46.6. The van der Waals surface area contributed by atoms with Gasteiger partial charge in [0.2, 0.25) is 0 Å². The Morgan fingerprint density at radius 3 is 0.921 bits per heavy atom. The van der Waals surface area contributed by atoms with Gasteiger partial charge in [-0.2, -0.15) is 0 Å². The molecule has 0 bridgehead atoms. The first-order valence-corrected chi connectivity index (χ1v) is 14.2. The summed E-state index contributed by atoms with van der Waals surface area (Å²) < 4.78 is 15.3. The Morgan fingerprint density at radius 2 is 0.684 bits per heavy atom. The van der Waals surface area contributed by atoms with E-state index in [1.165, 1.54) is 9.40 Å². The largest absolute Gasteiger partial charge is 0.363 e. The van der Waals surface area contributed by atoms with Crippen molar-refractivity contribution in [2.75, 3.05) is 14.2 Å². The number of hydrogen-bond acceptors (Lipinski definition) is 4. The van der Waals surface area contributed by atoms with E-state index in [2.05, 4.69) is 109 Å². The molecular formula is C34H28O2S2. The second-order valence-corrected chi connectivity index (χ2v) is 11.4. The fourth-order valence-electron chi connectivity index (χ4n) is 5.45. The molecule has 2 nitrogen and oxygen atoms in total. The van der Waals surface area contributed by atoms with Crippen molar-refractivity contribution in [1.29, 1.82) is 0 Å². The lowest BCUT2D eigenvalue weighted by atomic mass is 9.84. The van der Waals surface area contributed by atoms with E-state index >= 15 is 0 Å². The molecule has 0 aliphatic rings. The molecular weight excluding hydrogens is 505 g/mol. The maximum atomic E-state index is 6.44.